The van der Waals surface area contributed by atoms with Crippen LogP contribution in [-0.4, -0.2) is 66.0 Å². The summed E-state index contributed by atoms with van der Waals surface area (Å²) >= 11 is 5.98. The normalized spacial score (nSPS) is 14.4. The smallest absolute Gasteiger partial charge is 0.309 e. The summed E-state index contributed by atoms with van der Waals surface area (Å²) in [7, 11) is 1.54. The molecule has 1 saturated heterocycles. The highest BCUT2D eigenvalue weighted by Crippen LogP contribution is 2.24. The summed E-state index contributed by atoms with van der Waals surface area (Å²) < 4.78 is 10.3. The molecule has 0 spiro atoms. The van der Waals surface area contributed by atoms with Gasteiger partial charge in [0, 0.05) is 36.8 Å². The number of benzene rings is 1. The molecule has 0 atom stereocenters. The van der Waals surface area contributed by atoms with Crippen LogP contribution in [0.4, 0.5) is 0 Å². The maximum atomic E-state index is 12.6. The van der Waals surface area contributed by atoms with Crippen molar-refractivity contribution >= 4 is 29.4 Å². The molecule has 8 nitrogen and oxygen atoms in total. The van der Waals surface area contributed by atoms with Crippen LogP contribution in [0.5, 0.6) is 0 Å². The summed E-state index contributed by atoms with van der Waals surface area (Å²) in [5.74, 6) is -0.554. The molecule has 0 unspecified atom stereocenters. The Morgan fingerprint density at radius 3 is 2.67 bits per heavy atom. The summed E-state index contributed by atoms with van der Waals surface area (Å²) in [6.07, 6.45) is 1.13. The molecule has 0 saturated carbocycles. The first-order chi connectivity index (χ1) is 14.4. The third-order valence-corrected chi connectivity index (χ3v) is 5.26. The lowest BCUT2D eigenvalue weighted by atomic mass is 9.97. The zero-order valence-electron chi connectivity index (χ0n) is 17.0. The Kier molecular flexibility index (Phi) is 7.10. The zero-order valence-corrected chi connectivity index (χ0v) is 17.7. The first-order valence-corrected chi connectivity index (χ1v) is 10.2. The van der Waals surface area contributed by atoms with E-state index < -0.39 is 5.91 Å². The van der Waals surface area contributed by atoms with Gasteiger partial charge in [-0.1, -0.05) is 28.9 Å². The Bertz CT molecular complexity index is 921. The van der Waals surface area contributed by atoms with Crippen molar-refractivity contribution in [3.63, 3.8) is 0 Å². The van der Waals surface area contributed by atoms with Gasteiger partial charge in [0.25, 0.3) is 5.91 Å². The van der Waals surface area contributed by atoms with Crippen molar-refractivity contribution in [1.29, 1.82) is 0 Å². The van der Waals surface area contributed by atoms with E-state index in [1.165, 1.54) is 11.0 Å². The Balaban J connectivity index is 1.55. The minimum Gasteiger partial charge on any atom is -0.466 e. The number of nitrogens with zero attached hydrogens (tertiary/aromatic N) is 3. The van der Waals surface area contributed by atoms with Gasteiger partial charge in [-0.25, -0.2) is 0 Å². The third kappa shape index (κ3) is 5.18. The van der Waals surface area contributed by atoms with Crippen LogP contribution < -0.4 is 0 Å². The summed E-state index contributed by atoms with van der Waals surface area (Å²) in [5.41, 5.74) is 0.818. The van der Waals surface area contributed by atoms with E-state index in [2.05, 4.69) is 5.16 Å². The number of carbonyl (C=O) groups excluding carboxylic acids is 3. The van der Waals surface area contributed by atoms with Gasteiger partial charge in [0.2, 0.25) is 5.91 Å². The quantitative estimate of drug-likeness (QED) is 0.650. The molecular formula is C21H24ClN3O5. The number of likely N-dealkylation sites (N-methyl/N-ethyl adjacent to an activating group) is 1. The highest BCUT2D eigenvalue weighted by Gasteiger charge is 2.29. The van der Waals surface area contributed by atoms with Gasteiger partial charge in [-0.15, -0.1) is 0 Å². The van der Waals surface area contributed by atoms with Crippen molar-refractivity contribution in [3.8, 4) is 11.3 Å². The molecule has 2 heterocycles. The second kappa shape index (κ2) is 9.75. The number of esters is 1. The number of halogens is 1. The van der Waals surface area contributed by atoms with Crippen molar-refractivity contribution in [1.82, 2.24) is 15.0 Å². The van der Waals surface area contributed by atoms with Crippen LogP contribution in [0.15, 0.2) is 34.9 Å². The molecule has 1 aliphatic rings. The van der Waals surface area contributed by atoms with Crippen molar-refractivity contribution in [2.24, 2.45) is 5.92 Å². The molecule has 1 fully saturated rings. The molecule has 2 amide bonds. The number of rotatable bonds is 6. The number of ether oxygens (including phenoxy) is 1. The monoisotopic (exact) mass is 433 g/mol. The molecule has 160 valence electrons. The summed E-state index contributed by atoms with van der Waals surface area (Å²) in [4.78, 5) is 40.0. The van der Waals surface area contributed by atoms with Crippen LogP contribution in [-0.2, 0) is 14.3 Å². The average Bonchev–Trinajstić information content (AvgIpc) is 3.23. The lowest BCUT2D eigenvalue weighted by molar-refractivity contribution is -0.151. The fourth-order valence-corrected chi connectivity index (χ4v) is 3.54. The Hall–Kier alpha value is -2.87. The van der Waals surface area contributed by atoms with Gasteiger partial charge >= 0.3 is 5.97 Å². The lowest BCUT2D eigenvalue weighted by Crippen LogP contribution is -2.45. The first kappa shape index (κ1) is 21.8. The van der Waals surface area contributed by atoms with Crippen LogP contribution in [0, 0.1) is 5.92 Å². The number of hydrogen-bond acceptors (Lipinski definition) is 6. The van der Waals surface area contributed by atoms with Gasteiger partial charge in [0.1, 0.15) is 0 Å². The van der Waals surface area contributed by atoms with Crippen LogP contribution in [0.25, 0.3) is 11.3 Å². The molecule has 0 aliphatic carbocycles. The van der Waals surface area contributed by atoms with E-state index in [-0.39, 0.29) is 30.0 Å². The van der Waals surface area contributed by atoms with E-state index in [4.69, 9.17) is 20.9 Å². The van der Waals surface area contributed by atoms with Crippen LogP contribution in [0.2, 0.25) is 5.02 Å². The van der Waals surface area contributed by atoms with Gasteiger partial charge in [-0.05, 0) is 31.9 Å². The van der Waals surface area contributed by atoms with E-state index >= 15 is 0 Å². The molecule has 0 bridgehead atoms. The van der Waals surface area contributed by atoms with Gasteiger partial charge in [0.15, 0.2) is 11.5 Å². The third-order valence-electron chi connectivity index (χ3n) is 5.03. The van der Waals surface area contributed by atoms with E-state index in [0.717, 1.165) is 0 Å². The topological polar surface area (TPSA) is 93.0 Å². The van der Waals surface area contributed by atoms with Crippen LogP contribution >= 0.6 is 11.6 Å². The SMILES string of the molecule is CCOC(=O)C1CCN(C(=O)CN(C)C(=O)c2cc(-c3cccc(Cl)c3)on2)CC1. The minimum atomic E-state index is -0.415. The molecule has 3 rings (SSSR count). The van der Waals surface area contributed by atoms with Gasteiger partial charge < -0.3 is 19.1 Å². The van der Waals surface area contributed by atoms with Crippen molar-refractivity contribution in [2.75, 3.05) is 33.3 Å². The van der Waals surface area contributed by atoms with Crippen molar-refractivity contribution in [3.05, 3.63) is 41.0 Å². The molecule has 9 heteroatoms. The highest BCUT2D eigenvalue weighted by molar-refractivity contribution is 6.30. The number of hydrogen-bond donors (Lipinski definition) is 0. The molecule has 1 aliphatic heterocycles. The Morgan fingerprint density at radius 1 is 1.27 bits per heavy atom. The van der Waals surface area contributed by atoms with Gasteiger partial charge in [0.05, 0.1) is 19.1 Å². The highest BCUT2D eigenvalue weighted by atomic mass is 35.5. The number of carbonyl (C=O) groups is 3. The van der Waals surface area contributed by atoms with E-state index in [0.29, 0.717) is 48.9 Å². The number of piperidine rings is 1. The minimum absolute atomic E-state index is 0.0811. The number of aromatic nitrogens is 1. The molecule has 1 aromatic carbocycles. The van der Waals surface area contributed by atoms with Crippen LogP contribution in [0.3, 0.4) is 0 Å². The fraction of sp³-hybridized carbons (Fsp3) is 0.429. The van der Waals surface area contributed by atoms with Crippen molar-refractivity contribution in [2.45, 2.75) is 19.8 Å². The molecule has 1 aromatic heterocycles. The molecule has 2 aromatic rings. The predicted octanol–water partition coefficient (Wildman–Crippen LogP) is 2.87. The van der Waals surface area contributed by atoms with E-state index in [1.807, 2.05) is 0 Å². The second-order valence-corrected chi connectivity index (χ2v) is 7.59. The number of amides is 2. The lowest BCUT2D eigenvalue weighted by Gasteiger charge is -2.32. The van der Waals surface area contributed by atoms with Crippen LogP contribution in [0.1, 0.15) is 30.3 Å². The second-order valence-electron chi connectivity index (χ2n) is 7.16. The largest absolute Gasteiger partial charge is 0.466 e. The average molecular weight is 434 g/mol. The van der Waals surface area contributed by atoms with E-state index in [9.17, 15) is 14.4 Å². The standard InChI is InChI=1S/C21H24ClN3O5/c1-3-29-21(28)14-7-9-25(10-8-14)19(26)13-24(2)20(27)17-12-18(30-23-17)15-5-4-6-16(22)11-15/h4-6,11-12,14H,3,7-10,13H2,1-2H3. The van der Waals surface area contributed by atoms with E-state index in [1.54, 1.807) is 43.1 Å². The van der Waals surface area contributed by atoms with Crippen molar-refractivity contribution < 1.29 is 23.6 Å². The van der Waals surface area contributed by atoms with Gasteiger partial charge in [-0.2, -0.15) is 0 Å². The summed E-state index contributed by atoms with van der Waals surface area (Å²) in [6.45, 7) is 2.98. The predicted molar refractivity (Wildman–Crippen MR) is 110 cm³/mol. The number of likely N-dealkylation sites (tertiary alicyclic amines) is 1. The molecule has 0 radical (unpaired) electrons. The maximum absolute atomic E-state index is 12.6. The molecule has 30 heavy (non-hydrogen) atoms. The molecular weight excluding hydrogens is 410 g/mol. The maximum Gasteiger partial charge on any atom is 0.309 e. The Labute approximate surface area is 179 Å². The summed E-state index contributed by atoms with van der Waals surface area (Å²) in [6, 6.07) is 8.55. The Morgan fingerprint density at radius 2 is 2.00 bits per heavy atom. The summed E-state index contributed by atoms with van der Waals surface area (Å²) in [5, 5.41) is 4.37. The fourth-order valence-electron chi connectivity index (χ4n) is 3.35. The zero-order chi connectivity index (χ0) is 21.7. The first-order valence-electron chi connectivity index (χ1n) is 9.81. The van der Waals surface area contributed by atoms with Gasteiger partial charge in [-0.3, -0.25) is 14.4 Å². The molecule has 0 N–H and O–H groups in total.